The third-order valence-electron chi connectivity index (χ3n) is 5.40. The second kappa shape index (κ2) is 7.93. The Morgan fingerprint density at radius 3 is 2.70 bits per heavy atom. The molecule has 8 heteroatoms. The van der Waals surface area contributed by atoms with Gasteiger partial charge in [-0.3, -0.25) is 9.78 Å². The van der Waals surface area contributed by atoms with Crippen LogP contribution in [0.4, 0.5) is 13.2 Å². The number of aromatic nitrogens is 3. The highest BCUT2D eigenvalue weighted by Gasteiger charge is 2.31. The van der Waals surface area contributed by atoms with E-state index in [1.54, 1.807) is 47.1 Å². The number of imidazole rings is 1. The molecule has 1 aromatic carbocycles. The van der Waals surface area contributed by atoms with E-state index in [-0.39, 0.29) is 11.8 Å². The lowest BCUT2D eigenvalue weighted by molar-refractivity contribution is -0.137. The third-order valence-corrected chi connectivity index (χ3v) is 5.40. The first-order valence-corrected chi connectivity index (χ1v) is 9.74. The number of pyridine rings is 1. The highest BCUT2D eigenvalue weighted by atomic mass is 19.4. The number of carbonyl (C=O) groups excluding carboxylic acids is 1. The number of benzene rings is 1. The molecule has 156 valence electrons. The van der Waals surface area contributed by atoms with E-state index in [0.717, 1.165) is 30.7 Å². The van der Waals surface area contributed by atoms with Crippen molar-refractivity contribution in [1.82, 2.24) is 19.4 Å². The molecule has 1 unspecified atom stereocenters. The number of halogens is 3. The van der Waals surface area contributed by atoms with E-state index < -0.39 is 11.7 Å². The molecule has 3 aromatic rings. The van der Waals surface area contributed by atoms with Crippen molar-refractivity contribution in [2.24, 2.45) is 7.05 Å². The fourth-order valence-corrected chi connectivity index (χ4v) is 3.81. The van der Waals surface area contributed by atoms with Gasteiger partial charge in [0.25, 0.3) is 5.91 Å². The molecule has 1 fully saturated rings. The van der Waals surface area contributed by atoms with Gasteiger partial charge in [-0.2, -0.15) is 13.2 Å². The molecule has 30 heavy (non-hydrogen) atoms. The summed E-state index contributed by atoms with van der Waals surface area (Å²) >= 11 is 0. The monoisotopic (exact) mass is 414 g/mol. The minimum absolute atomic E-state index is 0.0220. The van der Waals surface area contributed by atoms with Crippen molar-refractivity contribution in [3.8, 4) is 11.3 Å². The van der Waals surface area contributed by atoms with Crippen molar-refractivity contribution in [1.29, 1.82) is 0 Å². The predicted octanol–water partition coefficient (Wildman–Crippen LogP) is 4.52. The third kappa shape index (κ3) is 4.08. The number of piperidine rings is 1. The summed E-state index contributed by atoms with van der Waals surface area (Å²) in [7, 11) is 1.78. The molecule has 0 N–H and O–H groups in total. The molecule has 4 rings (SSSR count). The molecular weight excluding hydrogens is 393 g/mol. The van der Waals surface area contributed by atoms with Crippen molar-refractivity contribution in [2.45, 2.75) is 24.9 Å². The van der Waals surface area contributed by atoms with Crippen LogP contribution < -0.4 is 0 Å². The van der Waals surface area contributed by atoms with Crippen LogP contribution in [0.1, 0.15) is 40.6 Å². The van der Waals surface area contributed by atoms with Crippen LogP contribution in [0, 0.1) is 0 Å². The second-order valence-electron chi connectivity index (χ2n) is 7.48. The van der Waals surface area contributed by atoms with Gasteiger partial charge in [0, 0.05) is 49.7 Å². The first-order valence-electron chi connectivity index (χ1n) is 9.74. The Balaban J connectivity index is 1.57. The van der Waals surface area contributed by atoms with Gasteiger partial charge in [0.2, 0.25) is 0 Å². The summed E-state index contributed by atoms with van der Waals surface area (Å²) in [5, 5.41) is 0. The summed E-state index contributed by atoms with van der Waals surface area (Å²) in [6, 6.07) is 10.6. The van der Waals surface area contributed by atoms with Crippen LogP contribution >= 0.6 is 0 Å². The van der Waals surface area contributed by atoms with Gasteiger partial charge in [0.05, 0.1) is 11.3 Å². The van der Waals surface area contributed by atoms with Gasteiger partial charge in [0.15, 0.2) is 5.82 Å². The smallest absolute Gasteiger partial charge is 0.335 e. The average molecular weight is 414 g/mol. The number of rotatable bonds is 3. The molecule has 1 aliphatic rings. The van der Waals surface area contributed by atoms with Crippen LogP contribution in [0.25, 0.3) is 11.3 Å². The number of aryl methyl sites for hydroxylation is 1. The maximum Gasteiger partial charge on any atom is 0.416 e. The minimum atomic E-state index is -4.40. The Hall–Kier alpha value is -3.16. The lowest BCUT2D eigenvalue weighted by Gasteiger charge is -2.32. The summed E-state index contributed by atoms with van der Waals surface area (Å²) < 4.78 is 40.9. The molecular formula is C22H21F3N4O. The first-order chi connectivity index (χ1) is 14.3. The van der Waals surface area contributed by atoms with Crippen molar-refractivity contribution in [2.75, 3.05) is 13.1 Å². The maximum absolute atomic E-state index is 13.1. The zero-order valence-corrected chi connectivity index (χ0v) is 16.4. The molecule has 0 radical (unpaired) electrons. The topological polar surface area (TPSA) is 51.0 Å². The Kier molecular flexibility index (Phi) is 5.32. The van der Waals surface area contributed by atoms with E-state index >= 15 is 0 Å². The SMILES string of the molecule is Cn1ccnc1C(=O)N1CCCC(c2cccc(-c3cccc(C(F)(F)F)c3)n2)C1. The number of likely N-dealkylation sites (tertiary alicyclic amines) is 1. The zero-order chi connectivity index (χ0) is 21.3. The number of hydrogen-bond donors (Lipinski definition) is 0. The Morgan fingerprint density at radius 1 is 1.17 bits per heavy atom. The van der Waals surface area contributed by atoms with Crippen LogP contribution in [0.2, 0.25) is 0 Å². The van der Waals surface area contributed by atoms with Crippen LogP contribution in [0.15, 0.2) is 54.9 Å². The molecule has 5 nitrogen and oxygen atoms in total. The number of alkyl halides is 3. The van der Waals surface area contributed by atoms with Crippen LogP contribution in [0.3, 0.4) is 0 Å². The maximum atomic E-state index is 13.1. The Morgan fingerprint density at radius 2 is 1.97 bits per heavy atom. The van der Waals surface area contributed by atoms with Gasteiger partial charge in [-0.05, 0) is 37.1 Å². The summed E-state index contributed by atoms with van der Waals surface area (Å²) in [5.41, 5.74) is 0.994. The molecule has 0 bridgehead atoms. The molecule has 3 heterocycles. The zero-order valence-electron chi connectivity index (χ0n) is 16.4. The van der Waals surface area contributed by atoms with E-state index in [2.05, 4.69) is 9.97 Å². The van der Waals surface area contributed by atoms with Crippen molar-refractivity contribution in [3.63, 3.8) is 0 Å². The predicted molar refractivity (Wildman–Crippen MR) is 106 cm³/mol. The van der Waals surface area contributed by atoms with Crippen LogP contribution in [0.5, 0.6) is 0 Å². The normalized spacial score (nSPS) is 17.2. The summed E-state index contributed by atoms with van der Waals surface area (Å²) in [6.45, 7) is 1.15. The largest absolute Gasteiger partial charge is 0.416 e. The van der Waals surface area contributed by atoms with Gasteiger partial charge < -0.3 is 9.47 Å². The number of nitrogens with zero attached hydrogens (tertiary/aromatic N) is 4. The van der Waals surface area contributed by atoms with Gasteiger partial charge in [-0.25, -0.2) is 4.98 Å². The molecule has 1 atom stereocenters. The van der Waals surface area contributed by atoms with Crippen molar-refractivity contribution in [3.05, 3.63) is 71.9 Å². The molecule has 0 spiro atoms. The Labute approximate surface area is 172 Å². The fraction of sp³-hybridized carbons (Fsp3) is 0.318. The van der Waals surface area contributed by atoms with Gasteiger partial charge in [-0.1, -0.05) is 18.2 Å². The van der Waals surface area contributed by atoms with E-state index in [1.165, 1.54) is 6.07 Å². The van der Waals surface area contributed by atoms with Crippen molar-refractivity contribution < 1.29 is 18.0 Å². The molecule has 1 amide bonds. The minimum Gasteiger partial charge on any atom is -0.335 e. The van der Waals surface area contributed by atoms with Gasteiger partial charge >= 0.3 is 6.18 Å². The molecule has 1 saturated heterocycles. The van der Waals surface area contributed by atoms with E-state index in [1.807, 2.05) is 6.07 Å². The molecule has 0 saturated carbocycles. The fourth-order valence-electron chi connectivity index (χ4n) is 3.81. The average Bonchev–Trinajstić information content (AvgIpc) is 3.19. The van der Waals surface area contributed by atoms with Gasteiger partial charge in [-0.15, -0.1) is 0 Å². The summed E-state index contributed by atoms with van der Waals surface area (Å²) in [4.78, 5) is 23.3. The number of carbonyl (C=O) groups is 1. The summed E-state index contributed by atoms with van der Waals surface area (Å²) in [5.74, 6) is 0.288. The summed E-state index contributed by atoms with van der Waals surface area (Å²) in [6.07, 6.45) is 0.617. The highest BCUT2D eigenvalue weighted by molar-refractivity contribution is 5.90. The standard InChI is InChI=1S/C22H21F3N4O/c1-28-12-10-26-20(28)21(30)29-11-4-6-16(14-29)19-9-3-8-18(27-19)15-5-2-7-17(13-15)22(23,24)25/h2-3,5,7-10,12-13,16H,4,6,11,14H2,1H3. The van der Waals surface area contributed by atoms with Crippen LogP contribution in [-0.2, 0) is 13.2 Å². The van der Waals surface area contributed by atoms with E-state index in [4.69, 9.17) is 0 Å². The lowest BCUT2D eigenvalue weighted by atomic mass is 9.93. The molecule has 0 aliphatic carbocycles. The van der Waals surface area contributed by atoms with Crippen molar-refractivity contribution >= 4 is 5.91 Å². The molecule has 2 aromatic heterocycles. The second-order valence-corrected chi connectivity index (χ2v) is 7.48. The number of amides is 1. The van der Waals surface area contributed by atoms with E-state index in [0.29, 0.717) is 30.2 Å². The van der Waals surface area contributed by atoms with Crippen LogP contribution in [-0.4, -0.2) is 38.4 Å². The highest BCUT2D eigenvalue weighted by Crippen LogP contribution is 2.33. The number of hydrogen-bond acceptors (Lipinski definition) is 3. The quantitative estimate of drug-likeness (QED) is 0.633. The van der Waals surface area contributed by atoms with E-state index in [9.17, 15) is 18.0 Å². The first kappa shape index (κ1) is 20.1. The Bertz CT molecular complexity index is 1060. The molecule has 1 aliphatic heterocycles. The van der Waals surface area contributed by atoms with Gasteiger partial charge in [0.1, 0.15) is 0 Å². The lowest BCUT2D eigenvalue weighted by Crippen LogP contribution is -2.40.